The maximum atomic E-state index is 13.0. The summed E-state index contributed by atoms with van der Waals surface area (Å²) in [5.41, 5.74) is 3.55. The highest BCUT2D eigenvalue weighted by Gasteiger charge is 2.24. The van der Waals surface area contributed by atoms with E-state index in [1.807, 2.05) is 56.3 Å². The van der Waals surface area contributed by atoms with E-state index >= 15 is 0 Å². The summed E-state index contributed by atoms with van der Waals surface area (Å²) < 4.78 is 14.1. The van der Waals surface area contributed by atoms with Gasteiger partial charge in [0.2, 0.25) is 5.16 Å². The number of aromatic nitrogens is 5. The van der Waals surface area contributed by atoms with Crippen molar-refractivity contribution in [2.45, 2.75) is 31.7 Å². The van der Waals surface area contributed by atoms with Gasteiger partial charge < -0.3 is 14.0 Å². The molecule has 168 valence electrons. The van der Waals surface area contributed by atoms with Crippen molar-refractivity contribution in [1.82, 2.24) is 24.7 Å². The molecule has 5 rings (SSSR count). The summed E-state index contributed by atoms with van der Waals surface area (Å²) in [7, 11) is 0. The quantitative estimate of drug-likeness (QED) is 0.327. The number of rotatable bonds is 7. The third-order valence-corrected chi connectivity index (χ3v) is 6.43. The van der Waals surface area contributed by atoms with Crippen LogP contribution in [0.2, 0.25) is 0 Å². The summed E-state index contributed by atoms with van der Waals surface area (Å²) >= 11 is 1.32. The molecule has 1 aliphatic rings. The number of hydrogen-bond donors (Lipinski definition) is 1. The minimum Gasteiger partial charge on any atom is -0.486 e. The standard InChI is InChI=1S/C24H23N5O3S/c1-15-11-19(16(2)29(15)12-18-13-31-21-5-3-4-6-22(21)32-18)20(30)14-33-24-26-23(27-28-24)17-7-9-25-10-8-17/h3-11,18H,12-14H2,1-2H3,(H,26,27,28)/t18-/m1/s1. The molecule has 0 saturated heterocycles. The molecule has 1 aliphatic heterocycles. The molecule has 4 aromatic rings. The number of H-pyrrole nitrogens is 1. The fourth-order valence-corrected chi connectivity index (χ4v) is 4.56. The number of aryl methyl sites for hydroxylation is 1. The van der Waals surface area contributed by atoms with E-state index in [4.69, 9.17) is 9.47 Å². The molecule has 0 bridgehead atoms. The Balaban J connectivity index is 1.24. The van der Waals surface area contributed by atoms with E-state index in [0.717, 1.165) is 28.5 Å². The first-order valence-electron chi connectivity index (χ1n) is 10.6. The number of benzene rings is 1. The van der Waals surface area contributed by atoms with Crippen LogP contribution in [-0.2, 0) is 6.54 Å². The molecule has 9 heteroatoms. The number of ether oxygens (including phenoxy) is 2. The lowest BCUT2D eigenvalue weighted by Gasteiger charge is -2.27. The Hall–Kier alpha value is -3.59. The largest absolute Gasteiger partial charge is 0.486 e. The number of pyridine rings is 1. The van der Waals surface area contributed by atoms with Crippen LogP contribution in [-0.4, -0.2) is 49.0 Å². The van der Waals surface area contributed by atoms with Gasteiger partial charge in [0.05, 0.1) is 12.3 Å². The molecule has 0 radical (unpaired) electrons. The lowest BCUT2D eigenvalue weighted by atomic mass is 10.2. The molecular weight excluding hydrogens is 438 g/mol. The Labute approximate surface area is 195 Å². The van der Waals surface area contributed by atoms with Crippen molar-refractivity contribution in [1.29, 1.82) is 0 Å². The fourth-order valence-electron chi connectivity index (χ4n) is 3.88. The van der Waals surface area contributed by atoms with Crippen LogP contribution in [0.15, 0.2) is 60.0 Å². The van der Waals surface area contributed by atoms with Crippen LogP contribution < -0.4 is 9.47 Å². The number of nitrogens with zero attached hydrogens (tertiary/aromatic N) is 4. The molecule has 0 spiro atoms. The number of fused-ring (bicyclic) bond motifs is 1. The average Bonchev–Trinajstić information content (AvgIpc) is 3.43. The summed E-state index contributed by atoms with van der Waals surface area (Å²) in [6, 6.07) is 13.3. The average molecular weight is 462 g/mol. The van der Waals surface area contributed by atoms with Gasteiger partial charge in [-0.15, -0.1) is 5.10 Å². The van der Waals surface area contributed by atoms with Crippen molar-refractivity contribution >= 4 is 17.5 Å². The summed E-state index contributed by atoms with van der Waals surface area (Å²) in [5, 5.41) is 7.67. The van der Waals surface area contributed by atoms with Crippen molar-refractivity contribution in [2.75, 3.05) is 12.4 Å². The summed E-state index contributed by atoms with van der Waals surface area (Å²) in [5.74, 6) is 2.47. The SMILES string of the molecule is Cc1cc(C(=O)CSc2n[nH]c(-c3ccncc3)n2)c(C)n1C[C@@H]1COc2ccccc2O1. The van der Waals surface area contributed by atoms with Crippen LogP contribution in [0.3, 0.4) is 0 Å². The Morgan fingerprint density at radius 3 is 2.79 bits per heavy atom. The normalized spacial score (nSPS) is 14.9. The van der Waals surface area contributed by atoms with Gasteiger partial charge in [-0.2, -0.15) is 0 Å². The van der Waals surface area contributed by atoms with E-state index in [2.05, 4.69) is 24.7 Å². The first-order chi connectivity index (χ1) is 16.1. The molecule has 0 amide bonds. The van der Waals surface area contributed by atoms with Gasteiger partial charge >= 0.3 is 0 Å². The maximum absolute atomic E-state index is 13.0. The molecular formula is C24H23N5O3S. The number of nitrogens with one attached hydrogen (secondary N) is 1. The molecule has 0 fully saturated rings. The van der Waals surface area contributed by atoms with Crippen molar-refractivity contribution in [3.05, 3.63) is 71.8 Å². The Morgan fingerprint density at radius 1 is 1.18 bits per heavy atom. The second kappa shape index (κ2) is 9.11. The predicted octanol–water partition coefficient (Wildman–Crippen LogP) is 4.10. The van der Waals surface area contributed by atoms with Crippen LogP contribution in [0.5, 0.6) is 11.5 Å². The number of carbonyl (C=O) groups excluding carboxylic acids is 1. The van der Waals surface area contributed by atoms with Gasteiger partial charge in [-0.05, 0) is 44.2 Å². The molecule has 1 aromatic carbocycles. The summed E-state index contributed by atoms with van der Waals surface area (Å²) in [6.45, 7) is 5.06. The van der Waals surface area contributed by atoms with E-state index in [0.29, 0.717) is 29.7 Å². The van der Waals surface area contributed by atoms with Crippen molar-refractivity contribution < 1.29 is 14.3 Å². The van der Waals surface area contributed by atoms with E-state index < -0.39 is 0 Å². The number of para-hydroxylation sites is 2. The summed E-state index contributed by atoms with van der Waals surface area (Å²) in [6.07, 6.45) is 3.28. The maximum Gasteiger partial charge on any atom is 0.209 e. The Morgan fingerprint density at radius 2 is 1.97 bits per heavy atom. The van der Waals surface area contributed by atoms with E-state index in [-0.39, 0.29) is 17.6 Å². The minimum atomic E-state index is -0.123. The highest BCUT2D eigenvalue weighted by molar-refractivity contribution is 7.99. The first kappa shape index (κ1) is 21.3. The number of ketones is 1. The molecule has 0 saturated carbocycles. The van der Waals surface area contributed by atoms with Crippen molar-refractivity contribution in [3.8, 4) is 22.9 Å². The fraction of sp³-hybridized carbons (Fsp3) is 0.250. The number of carbonyl (C=O) groups is 1. The third-order valence-electron chi connectivity index (χ3n) is 5.58. The van der Waals surface area contributed by atoms with E-state index in [9.17, 15) is 4.79 Å². The first-order valence-corrected chi connectivity index (χ1v) is 11.6. The zero-order valence-electron chi connectivity index (χ0n) is 18.3. The van der Waals surface area contributed by atoms with Crippen molar-refractivity contribution in [2.24, 2.45) is 0 Å². The topological polar surface area (TPSA) is 94.9 Å². The molecule has 1 atom stereocenters. The molecule has 3 aromatic heterocycles. The van der Waals surface area contributed by atoms with Gasteiger partial charge in [-0.25, -0.2) is 4.98 Å². The van der Waals surface area contributed by atoms with E-state index in [1.54, 1.807) is 12.4 Å². The smallest absolute Gasteiger partial charge is 0.209 e. The van der Waals surface area contributed by atoms with Gasteiger partial charge in [0, 0.05) is 34.9 Å². The number of aromatic amines is 1. The number of Topliss-reactive ketones (excluding diaryl/α,β-unsaturated/α-hetero) is 1. The van der Waals surface area contributed by atoms with Gasteiger partial charge in [0.1, 0.15) is 6.61 Å². The Kier molecular flexibility index (Phi) is 5.87. The van der Waals surface area contributed by atoms with Gasteiger partial charge in [-0.1, -0.05) is 23.9 Å². The highest BCUT2D eigenvalue weighted by Crippen LogP contribution is 2.32. The number of thioether (sulfide) groups is 1. The Bertz CT molecular complexity index is 1280. The lowest BCUT2D eigenvalue weighted by Crippen LogP contribution is -2.33. The molecule has 1 N–H and O–H groups in total. The molecule has 0 unspecified atom stereocenters. The lowest BCUT2D eigenvalue weighted by molar-refractivity contribution is 0.0777. The molecule has 8 nitrogen and oxygen atoms in total. The number of hydrogen-bond acceptors (Lipinski definition) is 7. The van der Waals surface area contributed by atoms with Crippen LogP contribution in [0, 0.1) is 13.8 Å². The highest BCUT2D eigenvalue weighted by atomic mass is 32.2. The zero-order chi connectivity index (χ0) is 22.8. The van der Waals surface area contributed by atoms with Crippen molar-refractivity contribution in [3.63, 3.8) is 0 Å². The predicted molar refractivity (Wildman–Crippen MR) is 125 cm³/mol. The molecule has 0 aliphatic carbocycles. The van der Waals surface area contributed by atoms with Gasteiger partial charge in [-0.3, -0.25) is 14.9 Å². The minimum absolute atomic E-state index is 0.0424. The van der Waals surface area contributed by atoms with Crippen LogP contribution in [0.4, 0.5) is 0 Å². The van der Waals surface area contributed by atoms with Crippen LogP contribution >= 0.6 is 11.8 Å². The second-order valence-corrected chi connectivity index (χ2v) is 8.75. The van der Waals surface area contributed by atoms with Crippen LogP contribution in [0.25, 0.3) is 11.4 Å². The van der Waals surface area contributed by atoms with E-state index in [1.165, 1.54) is 11.8 Å². The second-order valence-electron chi connectivity index (χ2n) is 7.81. The third kappa shape index (κ3) is 4.49. The monoisotopic (exact) mass is 461 g/mol. The van der Waals surface area contributed by atoms with Crippen LogP contribution in [0.1, 0.15) is 21.7 Å². The molecule has 33 heavy (non-hydrogen) atoms. The zero-order valence-corrected chi connectivity index (χ0v) is 19.1. The van der Waals surface area contributed by atoms with Gasteiger partial charge in [0.25, 0.3) is 0 Å². The van der Waals surface area contributed by atoms with Gasteiger partial charge in [0.15, 0.2) is 29.2 Å². The molecule has 4 heterocycles. The summed E-state index contributed by atoms with van der Waals surface area (Å²) in [4.78, 5) is 21.4.